The lowest BCUT2D eigenvalue weighted by atomic mass is 10.2. The predicted molar refractivity (Wildman–Crippen MR) is 48.0 cm³/mol. The molecule has 0 unspecified atom stereocenters. The topological polar surface area (TPSA) is 79.2 Å². The Morgan fingerprint density at radius 3 is 2.29 bits per heavy atom. The highest BCUT2D eigenvalue weighted by atomic mass is 17.1. The lowest BCUT2D eigenvalue weighted by Gasteiger charge is -1.95. The van der Waals surface area contributed by atoms with Crippen molar-refractivity contribution < 1.29 is 25.4 Å². The fourth-order valence-electron chi connectivity index (χ4n) is 1.05. The van der Waals surface area contributed by atoms with Crippen molar-refractivity contribution >= 4 is 12.5 Å². The van der Waals surface area contributed by atoms with Gasteiger partial charge in [-0.3, -0.25) is 0 Å². The zero-order chi connectivity index (χ0) is 10.4. The van der Waals surface area contributed by atoms with Crippen LogP contribution in [0.25, 0.3) is 12.5 Å². The van der Waals surface area contributed by atoms with Crippen molar-refractivity contribution in [3.63, 3.8) is 0 Å². The first-order valence-electron chi connectivity index (χ1n) is 3.82. The Morgan fingerprint density at radius 1 is 1.07 bits per heavy atom. The van der Waals surface area contributed by atoms with Gasteiger partial charge in [0.25, 0.3) is 0 Å². The average molecular weight is 198 g/mol. The molecule has 0 atom stereocenters. The van der Waals surface area contributed by atoms with E-state index >= 15 is 0 Å². The molecule has 1 aromatic carbocycles. The Labute approximate surface area is 79.6 Å². The number of rotatable bonds is 3. The summed E-state index contributed by atoms with van der Waals surface area (Å²) in [4.78, 5) is 7.69. The van der Waals surface area contributed by atoms with Crippen molar-refractivity contribution in [3.8, 4) is 0 Å². The monoisotopic (exact) mass is 198 g/mol. The highest BCUT2D eigenvalue weighted by Gasteiger charge is 1.92. The maximum atomic E-state index is 8.84. The lowest BCUT2D eigenvalue weighted by molar-refractivity contribution is -0.163. The molecule has 0 saturated carbocycles. The van der Waals surface area contributed by atoms with Crippen molar-refractivity contribution in [2.75, 3.05) is 0 Å². The molecule has 5 nitrogen and oxygen atoms in total. The molecule has 0 aliphatic heterocycles. The summed E-state index contributed by atoms with van der Waals surface area (Å²) < 4.78 is 0. The average Bonchev–Trinajstić information content (AvgIpc) is 2.21. The molecule has 1 aromatic rings. The van der Waals surface area contributed by atoms with Crippen LogP contribution in [0.15, 0.2) is 18.2 Å². The standard InChI is InChI=1S/C9H10O5/c10-4-7-1-2-8(5-13-11)9(3-7)6-14-12/h1-3,5-6,10-12H,4H2. The van der Waals surface area contributed by atoms with Crippen LogP contribution < -0.4 is 10.4 Å². The summed E-state index contributed by atoms with van der Waals surface area (Å²) in [5.41, 5.74) is 0.656. The number of benzene rings is 1. The second-order valence-corrected chi connectivity index (χ2v) is 2.57. The molecule has 1 rings (SSSR count). The van der Waals surface area contributed by atoms with E-state index in [-0.39, 0.29) is 6.61 Å². The van der Waals surface area contributed by atoms with Crippen LogP contribution in [0, 0.1) is 0 Å². The molecule has 0 bridgehead atoms. The Hall–Kier alpha value is -1.56. The highest BCUT2D eigenvalue weighted by molar-refractivity contribution is 5.28. The molecule has 0 radical (unpaired) electrons. The van der Waals surface area contributed by atoms with Gasteiger partial charge in [-0.25, -0.2) is 10.5 Å². The smallest absolute Gasteiger partial charge is 0.137 e. The van der Waals surface area contributed by atoms with Crippen molar-refractivity contribution in [2.24, 2.45) is 0 Å². The van der Waals surface area contributed by atoms with Crippen molar-refractivity contribution in [2.45, 2.75) is 6.61 Å². The Morgan fingerprint density at radius 2 is 1.71 bits per heavy atom. The first-order valence-corrected chi connectivity index (χ1v) is 3.82. The van der Waals surface area contributed by atoms with Crippen LogP contribution in [0.1, 0.15) is 5.56 Å². The van der Waals surface area contributed by atoms with Crippen LogP contribution in [-0.2, 0) is 16.4 Å². The normalized spacial score (nSPS) is 13.1. The second kappa shape index (κ2) is 5.23. The van der Waals surface area contributed by atoms with E-state index in [1.807, 2.05) is 0 Å². The molecule has 0 saturated heterocycles. The molecular weight excluding hydrogens is 188 g/mol. The maximum absolute atomic E-state index is 8.84. The fraction of sp³-hybridized carbons (Fsp3) is 0.111. The second-order valence-electron chi connectivity index (χ2n) is 2.57. The zero-order valence-corrected chi connectivity index (χ0v) is 7.25. The third-order valence-corrected chi connectivity index (χ3v) is 1.69. The SMILES string of the molecule is OCc1ccc(=COO)c(=COO)c1. The van der Waals surface area contributed by atoms with Gasteiger partial charge >= 0.3 is 0 Å². The van der Waals surface area contributed by atoms with Crippen LogP contribution in [0.3, 0.4) is 0 Å². The summed E-state index contributed by atoms with van der Waals surface area (Å²) in [6.45, 7) is -0.119. The van der Waals surface area contributed by atoms with Gasteiger partial charge in [-0.1, -0.05) is 12.1 Å². The van der Waals surface area contributed by atoms with Crippen LogP contribution in [-0.4, -0.2) is 15.6 Å². The largest absolute Gasteiger partial charge is 0.392 e. The molecule has 0 fully saturated rings. The Kier molecular flexibility index (Phi) is 3.93. The molecule has 0 aromatic heterocycles. The van der Waals surface area contributed by atoms with Crippen molar-refractivity contribution in [1.82, 2.24) is 0 Å². The molecular formula is C9H10O5. The fourth-order valence-corrected chi connectivity index (χ4v) is 1.05. The van der Waals surface area contributed by atoms with Gasteiger partial charge in [0.1, 0.15) is 12.5 Å². The molecule has 76 valence electrons. The molecule has 0 spiro atoms. The minimum atomic E-state index is -0.119. The highest BCUT2D eigenvalue weighted by Crippen LogP contribution is 1.90. The van der Waals surface area contributed by atoms with Gasteiger partial charge in [-0.05, 0) is 11.6 Å². The minimum absolute atomic E-state index is 0.119. The van der Waals surface area contributed by atoms with E-state index in [2.05, 4.69) is 9.78 Å². The van der Waals surface area contributed by atoms with E-state index < -0.39 is 0 Å². The van der Waals surface area contributed by atoms with Gasteiger partial charge in [0.2, 0.25) is 0 Å². The van der Waals surface area contributed by atoms with Gasteiger partial charge in [0.05, 0.1) is 6.61 Å². The summed E-state index contributed by atoms with van der Waals surface area (Å²) in [5.74, 6) is 0. The first-order chi connectivity index (χ1) is 6.81. The van der Waals surface area contributed by atoms with Crippen LogP contribution in [0.4, 0.5) is 0 Å². The van der Waals surface area contributed by atoms with E-state index in [9.17, 15) is 0 Å². The number of hydrogen-bond acceptors (Lipinski definition) is 5. The van der Waals surface area contributed by atoms with E-state index in [0.717, 1.165) is 12.5 Å². The lowest BCUT2D eigenvalue weighted by Crippen LogP contribution is -2.25. The molecule has 0 aliphatic rings. The van der Waals surface area contributed by atoms with Gasteiger partial charge in [-0.2, -0.15) is 0 Å². The van der Waals surface area contributed by atoms with Crippen LogP contribution in [0.5, 0.6) is 0 Å². The summed E-state index contributed by atoms with van der Waals surface area (Å²) in [5, 5.41) is 26.3. The number of hydrogen-bond donors (Lipinski definition) is 3. The summed E-state index contributed by atoms with van der Waals surface area (Å²) in [7, 11) is 0. The van der Waals surface area contributed by atoms with Gasteiger partial charge in [-0.15, -0.1) is 0 Å². The van der Waals surface area contributed by atoms with Crippen LogP contribution in [0.2, 0.25) is 0 Å². The first kappa shape index (κ1) is 10.5. The van der Waals surface area contributed by atoms with Gasteiger partial charge < -0.3 is 14.9 Å². The number of aliphatic hydroxyl groups is 1. The molecule has 3 N–H and O–H groups in total. The van der Waals surface area contributed by atoms with E-state index in [4.69, 9.17) is 15.6 Å². The quantitative estimate of drug-likeness (QED) is 0.456. The minimum Gasteiger partial charge on any atom is -0.392 e. The maximum Gasteiger partial charge on any atom is 0.137 e. The molecule has 5 heteroatoms. The van der Waals surface area contributed by atoms with E-state index in [1.165, 1.54) is 0 Å². The third kappa shape index (κ3) is 2.46. The predicted octanol–water partition coefficient (Wildman–Crippen LogP) is -0.366. The van der Waals surface area contributed by atoms with Gasteiger partial charge in [0.15, 0.2) is 0 Å². The third-order valence-electron chi connectivity index (χ3n) is 1.69. The number of aliphatic hydroxyl groups excluding tert-OH is 1. The molecule has 14 heavy (non-hydrogen) atoms. The van der Waals surface area contributed by atoms with E-state index in [0.29, 0.717) is 16.0 Å². The van der Waals surface area contributed by atoms with E-state index in [1.54, 1.807) is 18.2 Å². The summed E-state index contributed by atoms with van der Waals surface area (Å²) >= 11 is 0. The van der Waals surface area contributed by atoms with Gasteiger partial charge in [0, 0.05) is 10.4 Å². The zero-order valence-electron chi connectivity index (χ0n) is 7.25. The summed E-state index contributed by atoms with van der Waals surface area (Å²) in [6, 6.07) is 4.84. The van der Waals surface area contributed by atoms with Crippen LogP contribution >= 0.6 is 0 Å². The molecule has 0 amide bonds. The van der Waals surface area contributed by atoms with Crippen molar-refractivity contribution in [3.05, 3.63) is 34.2 Å². The van der Waals surface area contributed by atoms with Crippen molar-refractivity contribution in [1.29, 1.82) is 0 Å². The Bertz CT molecular complexity index is 398. The summed E-state index contributed by atoms with van der Waals surface area (Å²) in [6.07, 6.45) is 2.13. The molecule has 0 heterocycles. The molecule has 0 aliphatic carbocycles. The Balaban J connectivity index is 3.32.